The van der Waals surface area contributed by atoms with E-state index in [0.29, 0.717) is 0 Å². The van der Waals surface area contributed by atoms with Crippen molar-refractivity contribution in [3.8, 4) is 0 Å². The molecule has 0 fully saturated rings. The summed E-state index contributed by atoms with van der Waals surface area (Å²) < 4.78 is 5.39. The molecule has 17 heavy (non-hydrogen) atoms. The van der Waals surface area contributed by atoms with E-state index in [9.17, 15) is 0 Å². The van der Waals surface area contributed by atoms with E-state index in [1.807, 2.05) is 48.5 Å². The highest BCUT2D eigenvalue weighted by Gasteiger charge is 2.11. The number of ether oxygens (including phenoxy) is 1. The average Bonchev–Trinajstić information content (AvgIpc) is 2.40. The summed E-state index contributed by atoms with van der Waals surface area (Å²) in [4.78, 5) is 0. The molecule has 2 nitrogen and oxygen atoms in total. The normalized spacial score (nSPS) is 12.3. The second-order valence-electron chi connectivity index (χ2n) is 3.88. The van der Waals surface area contributed by atoms with Crippen molar-refractivity contribution in [2.45, 2.75) is 12.5 Å². The van der Waals surface area contributed by atoms with Crippen molar-refractivity contribution in [1.82, 2.24) is 0 Å². The highest BCUT2D eigenvalue weighted by Crippen LogP contribution is 2.21. The molecule has 0 spiro atoms. The van der Waals surface area contributed by atoms with Gasteiger partial charge in [0, 0.05) is 6.42 Å². The highest BCUT2D eigenvalue weighted by molar-refractivity contribution is 5.22. The Morgan fingerprint density at radius 3 is 2.06 bits per heavy atom. The Morgan fingerprint density at radius 1 is 0.882 bits per heavy atom. The standard InChI is InChI=1S/C15H16O2/c16-12-17-15(14-9-5-2-6-10-14)11-13-7-3-1-4-8-13/h1-10,15-16H,11-12H2. The van der Waals surface area contributed by atoms with Gasteiger partial charge in [-0.05, 0) is 11.1 Å². The van der Waals surface area contributed by atoms with Crippen LogP contribution in [0.5, 0.6) is 0 Å². The van der Waals surface area contributed by atoms with Gasteiger partial charge in [-0.15, -0.1) is 0 Å². The van der Waals surface area contributed by atoms with Crippen LogP contribution >= 0.6 is 0 Å². The first-order valence-corrected chi connectivity index (χ1v) is 5.71. The molecule has 88 valence electrons. The molecule has 1 N–H and O–H groups in total. The summed E-state index contributed by atoms with van der Waals surface area (Å²) in [7, 11) is 0. The lowest BCUT2D eigenvalue weighted by atomic mass is 10.0. The zero-order valence-electron chi connectivity index (χ0n) is 9.62. The Balaban J connectivity index is 2.13. The summed E-state index contributed by atoms with van der Waals surface area (Å²) in [5, 5.41) is 8.95. The molecule has 2 aromatic rings. The molecule has 0 radical (unpaired) electrons. The topological polar surface area (TPSA) is 29.5 Å². The van der Waals surface area contributed by atoms with Gasteiger partial charge in [0.2, 0.25) is 0 Å². The van der Waals surface area contributed by atoms with Gasteiger partial charge in [-0.25, -0.2) is 0 Å². The molecule has 0 aliphatic carbocycles. The van der Waals surface area contributed by atoms with Crippen LogP contribution in [0.25, 0.3) is 0 Å². The molecule has 0 aromatic heterocycles. The fraction of sp³-hybridized carbons (Fsp3) is 0.200. The number of hydrogen-bond acceptors (Lipinski definition) is 2. The summed E-state index contributed by atoms with van der Waals surface area (Å²) in [6.07, 6.45) is 0.675. The second-order valence-corrected chi connectivity index (χ2v) is 3.88. The first-order valence-electron chi connectivity index (χ1n) is 5.71. The fourth-order valence-electron chi connectivity index (χ4n) is 1.86. The van der Waals surface area contributed by atoms with Crippen molar-refractivity contribution < 1.29 is 9.84 Å². The monoisotopic (exact) mass is 228 g/mol. The van der Waals surface area contributed by atoms with E-state index in [1.54, 1.807) is 0 Å². The third kappa shape index (κ3) is 3.41. The van der Waals surface area contributed by atoms with Crippen LogP contribution in [0, 0.1) is 0 Å². The SMILES string of the molecule is OCOC(Cc1ccccc1)c1ccccc1. The summed E-state index contributed by atoms with van der Waals surface area (Å²) in [6, 6.07) is 20.1. The van der Waals surface area contributed by atoms with E-state index in [-0.39, 0.29) is 12.9 Å². The predicted octanol–water partition coefficient (Wildman–Crippen LogP) is 2.94. The zero-order chi connectivity index (χ0) is 11.9. The van der Waals surface area contributed by atoms with Crippen LogP contribution in [0.4, 0.5) is 0 Å². The van der Waals surface area contributed by atoms with E-state index in [1.165, 1.54) is 5.56 Å². The maximum atomic E-state index is 8.95. The lowest BCUT2D eigenvalue weighted by Crippen LogP contribution is -2.08. The molecule has 2 rings (SSSR count). The number of aliphatic hydroxyl groups is 1. The van der Waals surface area contributed by atoms with Crippen LogP contribution in [0.3, 0.4) is 0 Å². The smallest absolute Gasteiger partial charge is 0.144 e. The molecule has 2 heteroatoms. The molecule has 0 bridgehead atoms. The van der Waals surface area contributed by atoms with Crippen molar-refractivity contribution in [1.29, 1.82) is 0 Å². The minimum atomic E-state index is -0.258. The molecule has 0 aliphatic rings. The van der Waals surface area contributed by atoms with E-state index in [0.717, 1.165) is 12.0 Å². The number of hydrogen-bond donors (Lipinski definition) is 1. The Bertz CT molecular complexity index is 425. The molecule has 1 unspecified atom stereocenters. The lowest BCUT2D eigenvalue weighted by Gasteiger charge is -2.17. The molecular weight excluding hydrogens is 212 g/mol. The van der Waals surface area contributed by atoms with Gasteiger partial charge in [-0.2, -0.15) is 0 Å². The molecule has 0 heterocycles. The summed E-state index contributed by atoms with van der Waals surface area (Å²) in [5.41, 5.74) is 2.29. The summed E-state index contributed by atoms with van der Waals surface area (Å²) in [6.45, 7) is -0.258. The molecule has 1 atom stereocenters. The van der Waals surface area contributed by atoms with Crippen LogP contribution in [0.1, 0.15) is 17.2 Å². The van der Waals surface area contributed by atoms with E-state index in [2.05, 4.69) is 12.1 Å². The van der Waals surface area contributed by atoms with Gasteiger partial charge >= 0.3 is 0 Å². The maximum Gasteiger partial charge on any atom is 0.144 e. The Kier molecular flexibility index (Phi) is 4.30. The Labute approximate surface area is 101 Å². The predicted molar refractivity (Wildman–Crippen MR) is 67.5 cm³/mol. The van der Waals surface area contributed by atoms with Crippen LogP contribution < -0.4 is 0 Å². The van der Waals surface area contributed by atoms with E-state index in [4.69, 9.17) is 9.84 Å². The largest absolute Gasteiger partial charge is 0.371 e. The van der Waals surface area contributed by atoms with Gasteiger partial charge < -0.3 is 9.84 Å². The molecule has 0 saturated carbocycles. The minimum absolute atomic E-state index is 0.0939. The average molecular weight is 228 g/mol. The Morgan fingerprint density at radius 2 is 1.47 bits per heavy atom. The van der Waals surface area contributed by atoms with Crippen molar-refractivity contribution in [2.24, 2.45) is 0 Å². The van der Waals surface area contributed by atoms with Crippen LogP contribution in [-0.2, 0) is 11.2 Å². The number of benzene rings is 2. The quantitative estimate of drug-likeness (QED) is 0.797. The zero-order valence-corrected chi connectivity index (χ0v) is 9.62. The fourth-order valence-corrected chi connectivity index (χ4v) is 1.86. The van der Waals surface area contributed by atoms with E-state index >= 15 is 0 Å². The lowest BCUT2D eigenvalue weighted by molar-refractivity contribution is -0.0512. The first kappa shape index (κ1) is 11.8. The van der Waals surface area contributed by atoms with E-state index < -0.39 is 0 Å². The number of rotatable bonds is 5. The van der Waals surface area contributed by atoms with Gasteiger partial charge in [0.15, 0.2) is 0 Å². The number of aliphatic hydroxyl groups excluding tert-OH is 1. The van der Waals surface area contributed by atoms with Crippen molar-refractivity contribution >= 4 is 0 Å². The van der Waals surface area contributed by atoms with Crippen LogP contribution in [0.15, 0.2) is 60.7 Å². The van der Waals surface area contributed by atoms with Crippen molar-refractivity contribution in [2.75, 3.05) is 6.79 Å². The first-order chi connectivity index (χ1) is 8.40. The molecule has 0 saturated heterocycles. The Hall–Kier alpha value is -1.64. The summed E-state index contributed by atoms with van der Waals surface area (Å²) >= 11 is 0. The van der Waals surface area contributed by atoms with Crippen molar-refractivity contribution in [3.63, 3.8) is 0 Å². The van der Waals surface area contributed by atoms with Crippen LogP contribution in [-0.4, -0.2) is 11.9 Å². The van der Waals surface area contributed by atoms with Gasteiger partial charge in [0.25, 0.3) is 0 Å². The van der Waals surface area contributed by atoms with Gasteiger partial charge in [0.1, 0.15) is 6.79 Å². The maximum absolute atomic E-state index is 8.95. The van der Waals surface area contributed by atoms with Gasteiger partial charge in [-0.1, -0.05) is 60.7 Å². The molecular formula is C15H16O2. The second kappa shape index (κ2) is 6.18. The minimum Gasteiger partial charge on any atom is -0.371 e. The highest BCUT2D eigenvalue weighted by atomic mass is 16.6. The van der Waals surface area contributed by atoms with Gasteiger partial charge in [-0.3, -0.25) is 0 Å². The van der Waals surface area contributed by atoms with Gasteiger partial charge in [0.05, 0.1) is 6.10 Å². The third-order valence-corrected chi connectivity index (χ3v) is 2.71. The van der Waals surface area contributed by atoms with Crippen LogP contribution in [0.2, 0.25) is 0 Å². The molecule has 0 amide bonds. The third-order valence-electron chi connectivity index (χ3n) is 2.71. The molecule has 0 aliphatic heterocycles. The summed E-state index contributed by atoms with van der Waals surface area (Å²) in [5.74, 6) is 0. The van der Waals surface area contributed by atoms with Crippen molar-refractivity contribution in [3.05, 3.63) is 71.8 Å². The molecule has 2 aromatic carbocycles.